The van der Waals surface area contributed by atoms with Gasteiger partial charge in [-0.05, 0) is 5.21 Å². The van der Waals surface area contributed by atoms with Crippen LogP contribution in [0.25, 0.3) is 5.78 Å². The third kappa shape index (κ3) is 0.694. The van der Waals surface area contributed by atoms with Crippen molar-refractivity contribution >= 4 is 17.7 Å². The molecule has 64 valence electrons. The van der Waals surface area contributed by atoms with Gasteiger partial charge in [0, 0.05) is 0 Å². The van der Waals surface area contributed by atoms with Crippen LogP contribution in [0.1, 0.15) is 1.43 Å². The highest BCUT2D eigenvalue weighted by Crippen LogP contribution is 2.13. The Hall–Kier alpha value is -2.32. The lowest BCUT2D eigenvalue weighted by molar-refractivity contribution is 0.802. The van der Waals surface area contributed by atoms with E-state index in [0.717, 1.165) is 0 Å². The van der Waals surface area contributed by atoms with E-state index in [-0.39, 0.29) is 12.8 Å². The van der Waals surface area contributed by atoms with Gasteiger partial charge in [0.25, 0.3) is 11.7 Å². The Kier molecular flexibility index (Phi) is 0.902. The summed E-state index contributed by atoms with van der Waals surface area (Å²) >= 11 is 0. The first-order valence-electron chi connectivity index (χ1n) is 3.41. The second-order valence-electron chi connectivity index (χ2n) is 2.37. The highest BCUT2D eigenvalue weighted by molar-refractivity contribution is 5.53. The molecule has 0 radical (unpaired) electrons. The van der Waals surface area contributed by atoms with Gasteiger partial charge in [-0.2, -0.15) is 9.97 Å². The number of nitrogens with one attached hydrogen (secondary N) is 3. The van der Waals surface area contributed by atoms with Gasteiger partial charge in [-0.1, -0.05) is 10.2 Å². The first-order chi connectivity index (χ1) is 6.34. The minimum absolute atomic E-state index is 0. The Bertz CT molecular complexity index is 546. The zero-order chi connectivity index (χ0) is 8.84. The van der Waals surface area contributed by atoms with Crippen LogP contribution in [0.3, 0.4) is 0 Å². The summed E-state index contributed by atoms with van der Waals surface area (Å²) in [6.45, 7) is 0. The molecule has 0 fully saturated rings. The zero-order valence-corrected chi connectivity index (χ0v) is 6.18. The predicted octanol–water partition coefficient (Wildman–Crippen LogP) is -1.74. The van der Waals surface area contributed by atoms with Crippen molar-refractivity contribution in [1.82, 2.24) is 29.8 Å². The van der Waals surface area contributed by atoms with Crippen LogP contribution in [0.5, 0.6) is 0 Å². The molecule has 0 aromatic carbocycles. The van der Waals surface area contributed by atoms with Crippen molar-refractivity contribution in [3.63, 3.8) is 0 Å². The van der Waals surface area contributed by atoms with E-state index >= 15 is 0 Å². The van der Waals surface area contributed by atoms with Gasteiger partial charge in [0.2, 0.25) is 11.6 Å². The average molecular weight is 178 g/mol. The highest BCUT2D eigenvalue weighted by atomic mass is 15.6. The smallest absolute Gasteiger partial charge is 0.266 e. The van der Waals surface area contributed by atoms with Crippen LogP contribution < -0.4 is 16.5 Å². The molecule has 3 rings (SSSR count). The monoisotopic (exact) mass is 178 g/mol. The van der Waals surface area contributed by atoms with E-state index in [9.17, 15) is 0 Å². The minimum atomic E-state index is -0.113. The molecule has 0 spiro atoms. The standard InChI is InChI=1S/C4H3N9/c5-1-6-2-8-9-4-11-12-10-3(7-1)13(2)4/h(H3,5,6,7,8,9,10,11)/p+1. The van der Waals surface area contributed by atoms with Crippen molar-refractivity contribution in [3.8, 4) is 0 Å². The van der Waals surface area contributed by atoms with Crippen LogP contribution in [0.4, 0.5) is 11.9 Å². The number of rotatable bonds is 0. The fourth-order valence-corrected chi connectivity index (χ4v) is 1.10. The molecule has 0 saturated heterocycles. The van der Waals surface area contributed by atoms with Gasteiger partial charge in [0.05, 0.1) is 0 Å². The lowest BCUT2D eigenvalue weighted by Crippen LogP contribution is -2.16. The van der Waals surface area contributed by atoms with Crippen molar-refractivity contribution in [2.75, 3.05) is 10.9 Å². The van der Waals surface area contributed by atoms with Crippen molar-refractivity contribution in [2.24, 2.45) is 0 Å². The molecule has 3 heterocycles. The minimum Gasteiger partial charge on any atom is -0.266 e. The summed E-state index contributed by atoms with van der Waals surface area (Å²) in [5.41, 5.74) is 5.31. The largest absolute Gasteiger partial charge is 1.00 e. The van der Waals surface area contributed by atoms with E-state index in [1.807, 2.05) is 0 Å². The lowest BCUT2D eigenvalue weighted by Gasteiger charge is -1.95. The Morgan fingerprint density at radius 3 is 2.92 bits per heavy atom. The molecule has 0 aliphatic carbocycles. The summed E-state index contributed by atoms with van der Waals surface area (Å²) in [7, 11) is 0. The molecule has 2 aromatic heterocycles. The summed E-state index contributed by atoms with van der Waals surface area (Å²) in [5, 5.41) is 18.1. The maximum Gasteiger partial charge on any atom is 1.00 e. The quantitative estimate of drug-likeness (QED) is 0.438. The molecule has 2 aromatic rings. The van der Waals surface area contributed by atoms with Crippen LogP contribution in [-0.4, -0.2) is 29.8 Å². The third-order valence-electron chi connectivity index (χ3n) is 1.60. The van der Waals surface area contributed by atoms with Crippen molar-refractivity contribution < 1.29 is 1.43 Å². The second-order valence-corrected chi connectivity index (χ2v) is 2.37. The average Bonchev–Trinajstić information content (AvgIpc) is 2.50. The summed E-state index contributed by atoms with van der Waals surface area (Å²) in [6, 6.07) is 0. The zero-order valence-electron chi connectivity index (χ0n) is 7.18. The van der Waals surface area contributed by atoms with Gasteiger partial charge >= 0.3 is 1.43 Å². The topological polar surface area (TPSA) is 117 Å². The molecule has 0 bridgehead atoms. The number of hydrogen-bond donors (Lipinski definition) is 3. The van der Waals surface area contributed by atoms with Crippen LogP contribution in [-0.2, 0) is 0 Å². The maximum absolute atomic E-state index is 7.25. The molecule has 9 heteroatoms. The Labute approximate surface area is 71.8 Å². The first-order valence-corrected chi connectivity index (χ1v) is 3.41. The van der Waals surface area contributed by atoms with Crippen molar-refractivity contribution in [3.05, 3.63) is 5.62 Å². The number of aromatic nitrogens is 6. The lowest BCUT2D eigenvalue weighted by atomic mass is 10.8. The fraction of sp³-hybridized carbons (Fsp3) is 0. The van der Waals surface area contributed by atoms with E-state index in [0.29, 0.717) is 11.9 Å². The van der Waals surface area contributed by atoms with Gasteiger partial charge in [0.15, 0.2) is 0 Å². The predicted molar refractivity (Wildman–Crippen MR) is 40.6 cm³/mol. The fourth-order valence-electron chi connectivity index (χ4n) is 1.10. The molecule has 1 aliphatic rings. The number of nitrogens with zero attached hydrogens (tertiary/aromatic N) is 6. The van der Waals surface area contributed by atoms with E-state index in [1.165, 1.54) is 4.40 Å². The molecule has 9 nitrogen and oxygen atoms in total. The summed E-state index contributed by atoms with van der Waals surface area (Å²) < 4.78 is 1.53. The maximum atomic E-state index is 7.25. The number of anilines is 2. The van der Waals surface area contributed by atoms with E-state index < -0.39 is 0 Å². The SMILES string of the molecule is N=c1nc2n3c(nnnc3n1)NN2.[H+]. The molecule has 13 heavy (non-hydrogen) atoms. The van der Waals surface area contributed by atoms with Gasteiger partial charge in [-0.25, -0.2) is 4.40 Å². The van der Waals surface area contributed by atoms with E-state index in [1.54, 1.807) is 0 Å². The summed E-state index contributed by atoms with van der Waals surface area (Å²) in [5.74, 6) is 1.19. The van der Waals surface area contributed by atoms with Crippen molar-refractivity contribution in [2.45, 2.75) is 0 Å². The first kappa shape index (κ1) is 6.22. The highest BCUT2D eigenvalue weighted by Gasteiger charge is 2.15. The number of hydrogen-bond acceptors (Lipinski definition) is 8. The molecule has 3 N–H and O–H groups in total. The van der Waals surface area contributed by atoms with Crippen LogP contribution in [0.2, 0.25) is 0 Å². The van der Waals surface area contributed by atoms with E-state index in [4.69, 9.17) is 5.41 Å². The molecule has 0 unspecified atom stereocenters. The van der Waals surface area contributed by atoms with Gasteiger partial charge in [-0.15, -0.1) is 0 Å². The normalized spacial score (nSPS) is 12.6. The molecule has 0 saturated carbocycles. The van der Waals surface area contributed by atoms with Crippen LogP contribution in [0, 0.1) is 5.41 Å². The Balaban J connectivity index is 0.000000750. The van der Waals surface area contributed by atoms with Gasteiger partial charge < -0.3 is 0 Å². The molecule has 0 amide bonds. The molecular weight excluding hydrogens is 174 g/mol. The van der Waals surface area contributed by atoms with Crippen molar-refractivity contribution in [1.29, 1.82) is 5.41 Å². The number of hydrazine groups is 1. The van der Waals surface area contributed by atoms with Gasteiger partial charge in [0.1, 0.15) is 0 Å². The van der Waals surface area contributed by atoms with Crippen LogP contribution >= 0.6 is 0 Å². The second kappa shape index (κ2) is 1.88. The summed E-state index contributed by atoms with van der Waals surface area (Å²) in [6.07, 6.45) is 0. The molecular formula is C4H4N9+. The van der Waals surface area contributed by atoms with Crippen LogP contribution in [0.15, 0.2) is 0 Å². The van der Waals surface area contributed by atoms with E-state index in [2.05, 4.69) is 36.2 Å². The Morgan fingerprint density at radius 2 is 2.00 bits per heavy atom. The van der Waals surface area contributed by atoms with Gasteiger partial charge in [-0.3, -0.25) is 16.3 Å². The summed E-state index contributed by atoms with van der Waals surface area (Å²) in [4.78, 5) is 7.57. The Morgan fingerprint density at radius 1 is 1.15 bits per heavy atom. The third-order valence-corrected chi connectivity index (χ3v) is 1.60. The molecule has 1 aliphatic heterocycles. The molecule has 0 atom stereocenters.